The third-order valence-corrected chi connectivity index (χ3v) is 10.8. The number of hydrogen-bond donors (Lipinski definition) is 2. The molecule has 5 atom stereocenters. The van der Waals surface area contributed by atoms with E-state index in [1.165, 1.54) is 7.11 Å². The van der Waals surface area contributed by atoms with Crippen LogP contribution in [0.2, 0.25) is 0 Å². The van der Waals surface area contributed by atoms with Gasteiger partial charge in [-0.1, -0.05) is 26.0 Å². The molecule has 4 saturated carbocycles. The van der Waals surface area contributed by atoms with Gasteiger partial charge in [0.2, 0.25) is 5.91 Å². The Labute approximate surface area is 280 Å². The molecule has 2 amide bonds. The lowest BCUT2D eigenvalue weighted by atomic mass is 9.43. The molecular weight excluding hydrogens is 599 g/mol. The molecule has 1 aromatic rings. The molecule has 6 rings (SSSR count). The number of carbonyl (C=O) groups excluding carboxylic acids is 3. The minimum Gasteiger partial charge on any atom is -0.496 e. The predicted molar refractivity (Wildman–Crippen MR) is 179 cm³/mol. The summed E-state index contributed by atoms with van der Waals surface area (Å²) in [4.78, 5) is 39.3. The van der Waals surface area contributed by atoms with Crippen molar-refractivity contribution in [2.24, 2.45) is 23.2 Å². The summed E-state index contributed by atoms with van der Waals surface area (Å²) in [6, 6.07) is 5.37. The summed E-state index contributed by atoms with van der Waals surface area (Å²) in [7, 11) is 0.876. The van der Waals surface area contributed by atoms with Gasteiger partial charge in [0.1, 0.15) is 22.5 Å². The maximum Gasteiger partial charge on any atom is 0.482 e. The fraction of sp³-hybridized carbons (Fsp3) is 0.750. The lowest BCUT2D eigenvalue weighted by Crippen LogP contribution is -2.65. The smallest absolute Gasteiger partial charge is 0.482 e. The van der Waals surface area contributed by atoms with Crippen LogP contribution >= 0.6 is 0 Å². The highest BCUT2D eigenvalue weighted by atomic mass is 16.7. The number of amides is 2. The van der Waals surface area contributed by atoms with Crippen LogP contribution in [0.4, 0.5) is 4.79 Å². The summed E-state index contributed by atoms with van der Waals surface area (Å²) in [6.45, 7) is 17.8. The molecule has 4 aliphatic carbocycles. The number of alkyl carbamates (subject to hydrolysis) is 1. The number of hydrogen-bond acceptors (Lipinski definition) is 8. The van der Waals surface area contributed by atoms with Crippen molar-refractivity contribution in [1.82, 2.24) is 10.6 Å². The molecule has 260 valence electrons. The van der Waals surface area contributed by atoms with Gasteiger partial charge in [0, 0.05) is 12.0 Å². The average molecular weight is 655 g/mol. The zero-order chi connectivity index (χ0) is 34.5. The van der Waals surface area contributed by atoms with Gasteiger partial charge in [0.05, 0.1) is 24.8 Å². The molecule has 2 N–H and O–H groups in total. The summed E-state index contributed by atoms with van der Waals surface area (Å²) in [6.07, 6.45) is 4.56. The molecular formula is C36H55BN2O8. The van der Waals surface area contributed by atoms with E-state index in [2.05, 4.69) is 31.4 Å². The fourth-order valence-corrected chi connectivity index (χ4v) is 8.28. The molecule has 0 aromatic heterocycles. The fourth-order valence-electron chi connectivity index (χ4n) is 8.28. The summed E-state index contributed by atoms with van der Waals surface area (Å²) >= 11 is 0. The average Bonchev–Trinajstić information content (AvgIpc) is 3.32. The first-order chi connectivity index (χ1) is 21.8. The summed E-state index contributed by atoms with van der Waals surface area (Å²) in [5.41, 5.74) is -0.415. The molecule has 5 aliphatic rings. The highest BCUT2D eigenvalue weighted by Crippen LogP contribution is 2.65. The number of carbonyl (C=O) groups is 3. The summed E-state index contributed by atoms with van der Waals surface area (Å²) in [5, 5.41) is 6.26. The molecule has 1 aliphatic heterocycles. The number of methoxy groups -OCH3 is 1. The van der Waals surface area contributed by atoms with Crippen molar-refractivity contribution < 1.29 is 37.9 Å². The van der Waals surface area contributed by atoms with Crippen molar-refractivity contribution in [2.45, 2.75) is 142 Å². The minimum absolute atomic E-state index is 0.0380. The first-order valence-corrected chi connectivity index (χ1v) is 17.3. The molecule has 1 heterocycles. The standard InChI is InChI=1S/C36H55BN2O8/c1-33(2,3)44-31(41)25-13-11-12-22(29(25)43-10)18-28(37-46-27-20-23-19-26(35(23,7)8)36(27,9)47-37)39-30(40)21-14-16-24(17-15-21)38-32(42)45-34(4,5)6/h11-13,21,23-24,26-28H,14-20H2,1-10H3,(H,38,42)(H,39,40)/t21-,23?,24-,26?,27?,28-,36?/m0/s1. The number of nitrogens with one attached hydrogen (secondary N) is 2. The van der Waals surface area contributed by atoms with E-state index < -0.39 is 41.9 Å². The molecule has 2 bridgehead atoms. The summed E-state index contributed by atoms with van der Waals surface area (Å²) in [5.74, 6) is 0.113. The monoisotopic (exact) mass is 654 g/mol. The van der Waals surface area contributed by atoms with Gasteiger partial charge >= 0.3 is 19.2 Å². The van der Waals surface area contributed by atoms with E-state index in [1.54, 1.807) is 6.07 Å². The number of esters is 1. The Bertz CT molecular complexity index is 1350. The Hall–Kier alpha value is -2.79. The van der Waals surface area contributed by atoms with Crippen LogP contribution < -0.4 is 15.4 Å². The Balaban J connectivity index is 1.33. The van der Waals surface area contributed by atoms with Gasteiger partial charge < -0.3 is 34.2 Å². The Morgan fingerprint density at radius 3 is 2.23 bits per heavy atom. The molecule has 1 aromatic carbocycles. The van der Waals surface area contributed by atoms with E-state index in [9.17, 15) is 14.4 Å². The van der Waals surface area contributed by atoms with E-state index in [4.69, 9.17) is 23.5 Å². The zero-order valence-electron chi connectivity index (χ0n) is 30.0. The van der Waals surface area contributed by atoms with Crippen LogP contribution in [0.25, 0.3) is 0 Å². The van der Waals surface area contributed by atoms with Crippen LogP contribution in [0.1, 0.15) is 117 Å². The van der Waals surface area contributed by atoms with Crippen molar-refractivity contribution in [3.05, 3.63) is 29.3 Å². The third kappa shape index (κ3) is 7.61. The second-order valence-corrected chi connectivity index (χ2v) is 16.9. The molecule has 5 fully saturated rings. The first kappa shape index (κ1) is 35.5. The molecule has 0 radical (unpaired) electrons. The van der Waals surface area contributed by atoms with Gasteiger partial charge in [-0.25, -0.2) is 9.59 Å². The molecule has 47 heavy (non-hydrogen) atoms. The van der Waals surface area contributed by atoms with Crippen LogP contribution in [0, 0.1) is 23.2 Å². The first-order valence-electron chi connectivity index (χ1n) is 17.3. The van der Waals surface area contributed by atoms with E-state index in [0.29, 0.717) is 55.3 Å². The minimum atomic E-state index is -0.665. The van der Waals surface area contributed by atoms with E-state index in [0.717, 1.165) is 18.4 Å². The Kier molecular flexibility index (Phi) is 9.76. The largest absolute Gasteiger partial charge is 0.496 e. The quantitative estimate of drug-likeness (QED) is 0.258. The molecule has 11 heteroatoms. The lowest BCUT2D eigenvalue weighted by molar-refractivity contribution is -0.199. The molecule has 1 saturated heterocycles. The Morgan fingerprint density at radius 1 is 0.979 bits per heavy atom. The molecule has 0 spiro atoms. The van der Waals surface area contributed by atoms with Crippen molar-refractivity contribution in [3.63, 3.8) is 0 Å². The van der Waals surface area contributed by atoms with Crippen LogP contribution in [-0.2, 0) is 30.0 Å². The number of para-hydroxylation sites is 1. The number of ether oxygens (including phenoxy) is 3. The van der Waals surface area contributed by atoms with Gasteiger partial charge in [-0.05, 0) is 122 Å². The third-order valence-electron chi connectivity index (χ3n) is 10.8. The maximum atomic E-state index is 13.9. The molecule has 10 nitrogen and oxygen atoms in total. The van der Waals surface area contributed by atoms with Gasteiger partial charge in [-0.3, -0.25) is 4.79 Å². The van der Waals surface area contributed by atoms with Crippen LogP contribution in [-0.4, -0.2) is 67.1 Å². The van der Waals surface area contributed by atoms with Crippen LogP contribution in [0.15, 0.2) is 18.2 Å². The number of rotatable bonds is 8. The van der Waals surface area contributed by atoms with E-state index >= 15 is 0 Å². The van der Waals surface area contributed by atoms with Gasteiger partial charge in [0.15, 0.2) is 0 Å². The second-order valence-electron chi connectivity index (χ2n) is 16.9. The van der Waals surface area contributed by atoms with Crippen molar-refractivity contribution in [1.29, 1.82) is 0 Å². The lowest BCUT2D eigenvalue weighted by Gasteiger charge is -2.64. The zero-order valence-corrected chi connectivity index (χ0v) is 30.0. The van der Waals surface area contributed by atoms with Crippen molar-refractivity contribution in [2.75, 3.05) is 7.11 Å². The predicted octanol–water partition coefficient (Wildman–Crippen LogP) is 6.03. The van der Waals surface area contributed by atoms with Gasteiger partial charge in [0.25, 0.3) is 0 Å². The SMILES string of the molecule is COc1c(C[C@H](NC(=O)[C@H]2CC[C@H](NC(=O)OC(C)(C)C)CC2)B2OC3CC4CC(C4(C)C)C3(C)O2)cccc1C(=O)OC(C)(C)C. The maximum absolute atomic E-state index is 13.9. The van der Waals surface area contributed by atoms with Crippen LogP contribution in [0.3, 0.4) is 0 Å². The normalized spacial score (nSPS) is 30.3. The van der Waals surface area contributed by atoms with Crippen molar-refractivity contribution in [3.8, 4) is 5.75 Å². The molecule has 4 unspecified atom stereocenters. The topological polar surface area (TPSA) is 121 Å². The summed E-state index contributed by atoms with van der Waals surface area (Å²) < 4.78 is 30.4. The highest BCUT2D eigenvalue weighted by Gasteiger charge is 2.68. The number of benzene rings is 1. The Morgan fingerprint density at radius 2 is 1.64 bits per heavy atom. The van der Waals surface area contributed by atoms with Gasteiger partial charge in [-0.2, -0.15) is 0 Å². The highest BCUT2D eigenvalue weighted by molar-refractivity contribution is 6.48. The van der Waals surface area contributed by atoms with Gasteiger partial charge in [-0.15, -0.1) is 0 Å². The van der Waals surface area contributed by atoms with Crippen molar-refractivity contribution >= 4 is 25.1 Å². The second kappa shape index (κ2) is 12.9. The van der Waals surface area contributed by atoms with E-state index in [-0.39, 0.29) is 29.4 Å². The van der Waals surface area contributed by atoms with Crippen LogP contribution in [0.5, 0.6) is 5.75 Å². The van der Waals surface area contributed by atoms with E-state index in [1.807, 2.05) is 53.7 Å².